The summed E-state index contributed by atoms with van der Waals surface area (Å²) in [5.41, 5.74) is 5.39. The first-order valence-corrected chi connectivity index (χ1v) is 7.64. The standard InChI is InChI=1S/C15H23ClN2O2.ClH/c1-15(16,14(17)19)13-9-5-6-10-18(13)20-11-12-7-3-2-4-8-12;/h5-6,9-10,12-13H,2-4,7-8,11H2,1H3,(H2,17,19);1H. The lowest BCUT2D eigenvalue weighted by atomic mass is 9.90. The molecule has 0 spiro atoms. The fourth-order valence-electron chi connectivity index (χ4n) is 2.72. The van der Waals surface area contributed by atoms with Gasteiger partial charge in [0, 0.05) is 6.20 Å². The quantitative estimate of drug-likeness (QED) is 0.785. The average molecular weight is 335 g/mol. The number of allylic oxidation sites excluding steroid dienone is 2. The number of nitrogens with two attached hydrogens (primary N) is 1. The van der Waals surface area contributed by atoms with E-state index in [-0.39, 0.29) is 18.4 Å². The maximum Gasteiger partial charge on any atom is 0.240 e. The lowest BCUT2D eigenvalue weighted by Gasteiger charge is -2.37. The molecule has 6 heteroatoms. The molecule has 0 aromatic carbocycles. The molecule has 2 unspecified atom stereocenters. The van der Waals surface area contributed by atoms with Crippen LogP contribution in [0, 0.1) is 5.92 Å². The van der Waals surface area contributed by atoms with Gasteiger partial charge in [-0.25, -0.2) is 0 Å². The van der Waals surface area contributed by atoms with Crippen molar-refractivity contribution in [2.75, 3.05) is 6.61 Å². The van der Waals surface area contributed by atoms with Gasteiger partial charge in [-0.2, -0.15) is 0 Å². The number of halogens is 2. The van der Waals surface area contributed by atoms with Crippen LogP contribution in [0.15, 0.2) is 24.4 Å². The van der Waals surface area contributed by atoms with Crippen LogP contribution in [0.4, 0.5) is 0 Å². The number of carbonyl (C=O) groups excluding carboxylic acids is 1. The number of alkyl halides is 1. The van der Waals surface area contributed by atoms with Crippen molar-refractivity contribution in [3.63, 3.8) is 0 Å². The average Bonchev–Trinajstić information content (AvgIpc) is 2.46. The van der Waals surface area contributed by atoms with Crippen LogP contribution in [-0.2, 0) is 9.63 Å². The van der Waals surface area contributed by atoms with Gasteiger partial charge in [0.15, 0.2) is 0 Å². The Hall–Kier alpha value is -0.710. The van der Waals surface area contributed by atoms with Crippen LogP contribution >= 0.6 is 24.0 Å². The van der Waals surface area contributed by atoms with E-state index in [1.165, 1.54) is 32.1 Å². The van der Waals surface area contributed by atoms with Crippen molar-refractivity contribution in [3.8, 4) is 0 Å². The molecule has 1 fully saturated rings. The second-order valence-electron chi connectivity index (χ2n) is 5.77. The zero-order valence-corrected chi connectivity index (χ0v) is 13.9. The molecule has 1 heterocycles. The van der Waals surface area contributed by atoms with Crippen LogP contribution in [-0.4, -0.2) is 28.5 Å². The van der Waals surface area contributed by atoms with E-state index in [1.807, 2.05) is 18.2 Å². The van der Waals surface area contributed by atoms with Crippen molar-refractivity contribution in [1.29, 1.82) is 0 Å². The van der Waals surface area contributed by atoms with Crippen molar-refractivity contribution in [1.82, 2.24) is 5.06 Å². The van der Waals surface area contributed by atoms with Gasteiger partial charge >= 0.3 is 0 Å². The Labute approximate surface area is 137 Å². The molecule has 2 rings (SSSR count). The van der Waals surface area contributed by atoms with Gasteiger partial charge in [-0.15, -0.1) is 24.0 Å². The molecule has 2 N–H and O–H groups in total. The smallest absolute Gasteiger partial charge is 0.240 e. The molecule has 0 aromatic heterocycles. The zero-order valence-electron chi connectivity index (χ0n) is 12.3. The minimum atomic E-state index is -1.19. The summed E-state index contributed by atoms with van der Waals surface area (Å²) in [6.45, 7) is 2.29. The van der Waals surface area contributed by atoms with Gasteiger partial charge in [-0.05, 0) is 31.8 Å². The molecule has 1 aliphatic carbocycles. The molecule has 0 radical (unpaired) electrons. The SMILES string of the molecule is CC(Cl)(C(N)=O)C1C=CC=CN1OCC1CCCCC1.Cl. The molecule has 1 aliphatic heterocycles. The van der Waals surface area contributed by atoms with Gasteiger partial charge in [-0.3, -0.25) is 14.7 Å². The van der Waals surface area contributed by atoms with Crippen molar-refractivity contribution in [3.05, 3.63) is 24.4 Å². The summed E-state index contributed by atoms with van der Waals surface area (Å²) in [7, 11) is 0. The highest BCUT2D eigenvalue weighted by molar-refractivity contribution is 6.35. The lowest BCUT2D eigenvalue weighted by molar-refractivity contribution is -0.162. The molecular formula is C15H24Cl2N2O2. The van der Waals surface area contributed by atoms with Crippen LogP contribution in [0.25, 0.3) is 0 Å². The van der Waals surface area contributed by atoms with Gasteiger partial charge in [0.1, 0.15) is 10.9 Å². The first kappa shape index (κ1) is 18.3. The van der Waals surface area contributed by atoms with E-state index in [4.69, 9.17) is 22.2 Å². The topological polar surface area (TPSA) is 55.6 Å². The maximum absolute atomic E-state index is 11.5. The van der Waals surface area contributed by atoms with Gasteiger partial charge in [-0.1, -0.05) is 31.4 Å². The van der Waals surface area contributed by atoms with E-state index in [9.17, 15) is 4.79 Å². The van der Waals surface area contributed by atoms with Gasteiger partial charge in [0.2, 0.25) is 5.91 Å². The minimum Gasteiger partial charge on any atom is -0.368 e. The number of hydroxylamine groups is 2. The molecule has 0 saturated heterocycles. The van der Waals surface area contributed by atoms with Crippen molar-refractivity contribution < 1.29 is 9.63 Å². The molecule has 21 heavy (non-hydrogen) atoms. The summed E-state index contributed by atoms with van der Waals surface area (Å²) >= 11 is 6.28. The zero-order chi connectivity index (χ0) is 14.6. The van der Waals surface area contributed by atoms with E-state index >= 15 is 0 Å². The molecule has 1 saturated carbocycles. The largest absolute Gasteiger partial charge is 0.368 e. The highest BCUT2D eigenvalue weighted by Gasteiger charge is 2.40. The predicted molar refractivity (Wildman–Crippen MR) is 87.1 cm³/mol. The summed E-state index contributed by atoms with van der Waals surface area (Å²) in [5.74, 6) is 0.0502. The number of nitrogens with zero attached hydrogens (tertiary/aromatic N) is 1. The Bertz CT molecular complexity index is 404. The van der Waals surface area contributed by atoms with Gasteiger partial charge < -0.3 is 5.73 Å². The van der Waals surface area contributed by atoms with Crippen LogP contribution in [0.5, 0.6) is 0 Å². The van der Waals surface area contributed by atoms with Gasteiger partial charge in [0.05, 0.1) is 6.61 Å². The Balaban J connectivity index is 0.00000220. The monoisotopic (exact) mass is 334 g/mol. The summed E-state index contributed by atoms with van der Waals surface area (Å²) in [4.78, 5) is 16.2. The van der Waals surface area contributed by atoms with Gasteiger partial charge in [0.25, 0.3) is 0 Å². The molecule has 2 aliphatic rings. The normalized spacial score (nSPS) is 25.2. The van der Waals surface area contributed by atoms with Crippen molar-refractivity contribution >= 4 is 29.9 Å². The fourth-order valence-corrected chi connectivity index (χ4v) is 2.88. The highest BCUT2D eigenvalue weighted by atomic mass is 35.5. The van der Waals surface area contributed by atoms with Crippen LogP contribution in [0.3, 0.4) is 0 Å². The third-order valence-corrected chi connectivity index (χ3v) is 4.54. The first-order chi connectivity index (χ1) is 9.51. The highest BCUT2D eigenvalue weighted by Crippen LogP contribution is 2.29. The number of hydrogen-bond donors (Lipinski definition) is 1. The van der Waals surface area contributed by atoms with Crippen molar-refractivity contribution in [2.24, 2.45) is 11.7 Å². The third kappa shape index (κ3) is 4.63. The summed E-state index contributed by atoms with van der Waals surface area (Å²) in [5, 5.41) is 1.66. The Morgan fingerprint density at radius 1 is 1.38 bits per heavy atom. The second kappa shape index (κ2) is 8.06. The molecular weight excluding hydrogens is 311 g/mol. The summed E-state index contributed by atoms with van der Waals surface area (Å²) in [6, 6.07) is -0.379. The number of rotatable bonds is 5. The van der Waals surface area contributed by atoms with E-state index < -0.39 is 10.8 Å². The Kier molecular flexibility index (Phi) is 7.04. The summed E-state index contributed by atoms with van der Waals surface area (Å²) < 4.78 is 0. The lowest BCUT2D eigenvalue weighted by Crippen LogP contribution is -2.52. The summed E-state index contributed by atoms with van der Waals surface area (Å²) in [6.07, 6.45) is 13.7. The first-order valence-electron chi connectivity index (χ1n) is 7.27. The Morgan fingerprint density at radius 2 is 2.05 bits per heavy atom. The van der Waals surface area contributed by atoms with E-state index in [2.05, 4.69) is 0 Å². The fraction of sp³-hybridized carbons (Fsp3) is 0.667. The second-order valence-corrected chi connectivity index (χ2v) is 6.56. The number of carbonyl (C=O) groups is 1. The molecule has 0 bridgehead atoms. The van der Waals surface area contributed by atoms with Crippen LogP contribution in [0.2, 0.25) is 0 Å². The predicted octanol–water partition coefficient (Wildman–Crippen LogP) is 3.16. The Morgan fingerprint density at radius 3 is 2.67 bits per heavy atom. The van der Waals surface area contributed by atoms with E-state index in [0.29, 0.717) is 12.5 Å². The minimum absolute atomic E-state index is 0. The number of amides is 1. The van der Waals surface area contributed by atoms with E-state index in [1.54, 1.807) is 18.2 Å². The number of hydrogen-bond acceptors (Lipinski definition) is 3. The van der Waals surface area contributed by atoms with E-state index in [0.717, 1.165) is 0 Å². The third-order valence-electron chi connectivity index (χ3n) is 4.13. The number of primary amides is 1. The maximum atomic E-state index is 11.5. The van der Waals surface area contributed by atoms with Crippen molar-refractivity contribution in [2.45, 2.75) is 49.9 Å². The molecule has 120 valence electrons. The van der Waals surface area contributed by atoms with Crippen LogP contribution < -0.4 is 5.73 Å². The molecule has 0 aromatic rings. The van der Waals surface area contributed by atoms with Crippen LogP contribution in [0.1, 0.15) is 39.0 Å². The molecule has 2 atom stereocenters. The molecule has 4 nitrogen and oxygen atoms in total. The molecule has 1 amide bonds.